The summed E-state index contributed by atoms with van der Waals surface area (Å²) in [5, 5.41) is 5.02. The van der Waals surface area contributed by atoms with Crippen LogP contribution in [0.1, 0.15) is 29.2 Å². The Balaban J connectivity index is 1.68. The summed E-state index contributed by atoms with van der Waals surface area (Å²) in [4.78, 5) is 0. The second-order valence-corrected chi connectivity index (χ2v) is 7.98. The number of ether oxygens (including phenoxy) is 2. The van der Waals surface area contributed by atoms with E-state index in [0.717, 1.165) is 26.2 Å². The number of halogens is 2. The quantitative estimate of drug-likeness (QED) is 0.276. The van der Waals surface area contributed by atoms with E-state index < -0.39 is 0 Å². The number of hydrogen-bond donors (Lipinski definition) is 1. The molecule has 0 aliphatic carbocycles. The van der Waals surface area contributed by atoms with E-state index >= 15 is 0 Å². The minimum atomic E-state index is 0.464. The molecule has 0 amide bonds. The Hall–Kier alpha value is -2.50. The van der Waals surface area contributed by atoms with Crippen molar-refractivity contribution in [1.29, 1.82) is 0 Å². The van der Waals surface area contributed by atoms with Crippen LogP contribution in [0.3, 0.4) is 0 Å². The van der Waals surface area contributed by atoms with Gasteiger partial charge in [-0.3, -0.25) is 0 Å². The Bertz CT molecular complexity index is 1010. The molecule has 0 saturated heterocycles. The molecule has 0 atom stereocenters. The molecule has 3 aromatic carbocycles. The molecule has 0 bridgehead atoms. The van der Waals surface area contributed by atoms with Gasteiger partial charge in [-0.1, -0.05) is 59.6 Å². The molecule has 0 aliphatic rings. The second kappa shape index (κ2) is 11.0. The lowest BCUT2D eigenvalue weighted by atomic mass is 10.1. The van der Waals surface area contributed by atoms with Crippen molar-refractivity contribution in [1.82, 2.24) is 5.43 Å². The maximum absolute atomic E-state index is 6.17. The van der Waals surface area contributed by atoms with E-state index in [9.17, 15) is 0 Å². The van der Waals surface area contributed by atoms with Gasteiger partial charge in [0.25, 0.3) is 0 Å². The van der Waals surface area contributed by atoms with Crippen molar-refractivity contribution in [3.63, 3.8) is 0 Å². The molecule has 4 nitrogen and oxygen atoms in total. The molecule has 0 radical (unpaired) electrons. The third kappa shape index (κ3) is 6.25. The molecule has 0 aromatic heterocycles. The number of hydrogen-bond acceptors (Lipinski definition) is 4. The third-order valence-corrected chi connectivity index (χ3v) is 5.33. The lowest BCUT2D eigenvalue weighted by Crippen LogP contribution is -2.06. The molecule has 30 heavy (non-hydrogen) atoms. The Labute approximate surface area is 191 Å². The van der Waals surface area contributed by atoms with Crippen LogP contribution < -0.4 is 14.9 Å². The predicted molar refractivity (Wildman–Crippen MR) is 127 cm³/mol. The number of nitrogens with one attached hydrogen (secondary N) is 1. The summed E-state index contributed by atoms with van der Waals surface area (Å²) < 4.78 is 12.7. The molecule has 3 rings (SSSR count). The van der Waals surface area contributed by atoms with E-state index in [2.05, 4.69) is 57.6 Å². The number of aryl methyl sites for hydroxylation is 1. The van der Waals surface area contributed by atoms with Gasteiger partial charge in [-0.05, 0) is 64.7 Å². The van der Waals surface area contributed by atoms with Crippen LogP contribution in [-0.2, 0) is 13.2 Å². The number of rotatable bonds is 9. The first-order valence-electron chi connectivity index (χ1n) is 9.71. The molecule has 156 valence electrons. The molecule has 0 spiro atoms. The fourth-order valence-corrected chi connectivity index (χ4v) is 3.57. The first-order chi connectivity index (χ1) is 14.6. The van der Waals surface area contributed by atoms with Crippen molar-refractivity contribution in [3.8, 4) is 11.5 Å². The first-order valence-corrected chi connectivity index (χ1v) is 10.9. The Kier molecular flexibility index (Phi) is 8.17. The molecule has 0 unspecified atom stereocenters. The zero-order chi connectivity index (χ0) is 21.3. The molecule has 6 heteroatoms. The maximum atomic E-state index is 6.17. The molecule has 0 aliphatic heterocycles. The summed E-state index contributed by atoms with van der Waals surface area (Å²) in [7, 11) is 0. The standard InChI is InChI=1S/C24H24BrClN2O2/c1-3-29-23-13-19(14-27-28-15-20-6-4-5-7-22(20)26)12-21(25)24(23)30-16-18-10-8-17(2)9-11-18/h4-14,28H,3,15-16H2,1-2H3/b27-14-. The van der Waals surface area contributed by atoms with Crippen molar-refractivity contribution in [3.05, 3.63) is 92.4 Å². The van der Waals surface area contributed by atoms with Crippen LogP contribution in [0.2, 0.25) is 5.02 Å². The van der Waals surface area contributed by atoms with Gasteiger partial charge in [0.15, 0.2) is 11.5 Å². The topological polar surface area (TPSA) is 42.8 Å². The normalized spacial score (nSPS) is 10.9. The van der Waals surface area contributed by atoms with Crippen molar-refractivity contribution in [2.45, 2.75) is 27.0 Å². The third-order valence-electron chi connectivity index (χ3n) is 4.37. The Morgan fingerprint density at radius 3 is 2.57 bits per heavy atom. The van der Waals surface area contributed by atoms with Crippen LogP contribution in [-0.4, -0.2) is 12.8 Å². The zero-order valence-corrected chi connectivity index (χ0v) is 19.3. The van der Waals surface area contributed by atoms with Gasteiger partial charge in [0.1, 0.15) is 6.61 Å². The van der Waals surface area contributed by atoms with E-state index in [1.54, 1.807) is 6.21 Å². The second-order valence-electron chi connectivity index (χ2n) is 6.72. The highest BCUT2D eigenvalue weighted by atomic mass is 79.9. The van der Waals surface area contributed by atoms with Crippen LogP contribution in [0, 0.1) is 6.92 Å². The summed E-state index contributed by atoms with van der Waals surface area (Å²) in [5.74, 6) is 1.35. The van der Waals surface area contributed by atoms with E-state index in [0.29, 0.717) is 31.3 Å². The van der Waals surface area contributed by atoms with Gasteiger partial charge in [0.05, 0.1) is 23.8 Å². The highest BCUT2D eigenvalue weighted by Crippen LogP contribution is 2.37. The number of hydrazone groups is 1. The van der Waals surface area contributed by atoms with E-state index in [-0.39, 0.29) is 0 Å². The number of benzene rings is 3. The first kappa shape index (κ1) is 22.2. The molecule has 0 saturated carbocycles. The predicted octanol–water partition coefficient (Wildman–Crippen LogP) is 6.51. The zero-order valence-electron chi connectivity index (χ0n) is 17.0. The van der Waals surface area contributed by atoms with Crippen LogP contribution in [0.15, 0.2) is 70.2 Å². The van der Waals surface area contributed by atoms with Gasteiger partial charge < -0.3 is 14.9 Å². The van der Waals surface area contributed by atoms with Crippen molar-refractivity contribution in [2.24, 2.45) is 5.10 Å². The van der Waals surface area contributed by atoms with Gasteiger partial charge in [0.2, 0.25) is 0 Å². The average molecular weight is 488 g/mol. The van der Waals surface area contributed by atoms with Crippen LogP contribution in [0.25, 0.3) is 0 Å². The molecule has 0 fully saturated rings. The largest absolute Gasteiger partial charge is 0.490 e. The van der Waals surface area contributed by atoms with Crippen LogP contribution in [0.5, 0.6) is 11.5 Å². The molecule has 3 aromatic rings. The smallest absolute Gasteiger partial charge is 0.175 e. The van der Waals surface area contributed by atoms with Gasteiger partial charge in [-0.2, -0.15) is 5.10 Å². The van der Waals surface area contributed by atoms with Gasteiger partial charge in [-0.25, -0.2) is 0 Å². The lowest BCUT2D eigenvalue weighted by molar-refractivity contribution is 0.267. The highest BCUT2D eigenvalue weighted by Gasteiger charge is 2.12. The minimum absolute atomic E-state index is 0.464. The molecule has 0 heterocycles. The van der Waals surface area contributed by atoms with Crippen LogP contribution >= 0.6 is 27.5 Å². The summed E-state index contributed by atoms with van der Waals surface area (Å²) in [6, 6.07) is 19.8. The summed E-state index contributed by atoms with van der Waals surface area (Å²) in [5.41, 5.74) is 7.23. The molecular formula is C24H24BrClN2O2. The Morgan fingerprint density at radius 1 is 1.07 bits per heavy atom. The summed E-state index contributed by atoms with van der Waals surface area (Å²) in [6.07, 6.45) is 1.74. The summed E-state index contributed by atoms with van der Waals surface area (Å²) >= 11 is 9.77. The van der Waals surface area contributed by atoms with E-state index in [1.165, 1.54) is 5.56 Å². The van der Waals surface area contributed by atoms with E-state index in [4.69, 9.17) is 21.1 Å². The van der Waals surface area contributed by atoms with E-state index in [1.807, 2.05) is 43.3 Å². The van der Waals surface area contributed by atoms with Crippen LogP contribution in [0.4, 0.5) is 0 Å². The van der Waals surface area contributed by atoms with Gasteiger partial charge in [0, 0.05) is 5.02 Å². The Morgan fingerprint density at radius 2 is 1.83 bits per heavy atom. The lowest BCUT2D eigenvalue weighted by Gasteiger charge is -2.15. The summed E-state index contributed by atoms with van der Waals surface area (Å²) in [6.45, 7) is 5.57. The average Bonchev–Trinajstić information content (AvgIpc) is 2.73. The highest BCUT2D eigenvalue weighted by molar-refractivity contribution is 9.10. The maximum Gasteiger partial charge on any atom is 0.175 e. The van der Waals surface area contributed by atoms with Gasteiger partial charge in [-0.15, -0.1) is 0 Å². The van der Waals surface area contributed by atoms with Crippen molar-refractivity contribution in [2.75, 3.05) is 6.61 Å². The molecule has 1 N–H and O–H groups in total. The SMILES string of the molecule is CCOc1cc(/C=N\NCc2ccccc2Cl)cc(Br)c1OCc1ccc(C)cc1. The molecular weight excluding hydrogens is 464 g/mol. The fraction of sp³-hybridized carbons (Fsp3) is 0.208. The number of nitrogens with zero attached hydrogens (tertiary/aromatic N) is 1. The van der Waals surface area contributed by atoms with Gasteiger partial charge >= 0.3 is 0 Å². The fourth-order valence-electron chi connectivity index (χ4n) is 2.80. The van der Waals surface area contributed by atoms with Crippen molar-refractivity contribution >= 4 is 33.7 Å². The minimum Gasteiger partial charge on any atom is -0.490 e. The monoisotopic (exact) mass is 486 g/mol. The van der Waals surface area contributed by atoms with Crippen molar-refractivity contribution < 1.29 is 9.47 Å².